The van der Waals surface area contributed by atoms with Gasteiger partial charge in [0, 0.05) is 44.0 Å². The molecule has 0 spiro atoms. The average molecular weight is 350 g/mol. The number of carbonyl (C=O) groups excluding carboxylic acids is 3. The van der Waals surface area contributed by atoms with Gasteiger partial charge in [0.1, 0.15) is 0 Å². The maximum Gasteiger partial charge on any atom is 0.409 e. The van der Waals surface area contributed by atoms with Gasteiger partial charge in [-0.3, -0.25) is 19.7 Å². The summed E-state index contributed by atoms with van der Waals surface area (Å²) in [5.74, 6) is -1.64. The fourth-order valence-corrected chi connectivity index (χ4v) is 2.33. The van der Waals surface area contributed by atoms with Crippen molar-refractivity contribution >= 4 is 29.3 Å². The highest BCUT2D eigenvalue weighted by molar-refractivity contribution is 6.39. The second kappa shape index (κ2) is 8.08. The molecule has 0 bridgehead atoms. The monoisotopic (exact) mass is 350 g/mol. The predicted octanol–water partition coefficient (Wildman–Crippen LogP) is 0.834. The minimum atomic E-state index is -0.884. The van der Waals surface area contributed by atoms with E-state index in [1.807, 2.05) is 0 Å². The number of anilines is 1. The van der Waals surface area contributed by atoms with Crippen LogP contribution in [-0.2, 0) is 14.3 Å². The van der Waals surface area contributed by atoms with Gasteiger partial charge in [-0.2, -0.15) is 0 Å². The molecule has 1 aromatic carbocycles. The lowest BCUT2D eigenvalue weighted by molar-refractivity contribution is -0.384. The van der Waals surface area contributed by atoms with E-state index < -0.39 is 22.8 Å². The van der Waals surface area contributed by atoms with Gasteiger partial charge < -0.3 is 19.9 Å². The lowest BCUT2D eigenvalue weighted by Gasteiger charge is -2.33. The molecule has 1 aromatic rings. The molecule has 3 amide bonds. The molecule has 2 rings (SSSR count). The Morgan fingerprint density at radius 1 is 1.20 bits per heavy atom. The number of hydrogen-bond acceptors (Lipinski definition) is 6. The van der Waals surface area contributed by atoms with Gasteiger partial charge in [-0.1, -0.05) is 6.07 Å². The summed E-state index contributed by atoms with van der Waals surface area (Å²) < 4.78 is 4.88. The van der Waals surface area contributed by atoms with Crippen LogP contribution in [0.3, 0.4) is 0 Å². The number of piperazine rings is 1. The molecule has 10 heteroatoms. The molecule has 0 aliphatic carbocycles. The van der Waals surface area contributed by atoms with Gasteiger partial charge in [0.15, 0.2) is 0 Å². The van der Waals surface area contributed by atoms with Crippen molar-refractivity contribution in [2.75, 3.05) is 38.1 Å². The summed E-state index contributed by atoms with van der Waals surface area (Å²) in [7, 11) is 0. The minimum Gasteiger partial charge on any atom is -0.450 e. The molecular weight excluding hydrogens is 332 g/mol. The van der Waals surface area contributed by atoms with Crippen molar-refractivity contribution in [3.63, 3.8) is 0 Å². The Balaban J connectivity index is 1.91. The average Bonchev–Trinajstić information content (AvgIpc) is 2.61. The molecule has 0 atom stereocenters. The highest BCUT2D eigenvalue weighted by atomic mass is 16.6. The first-order valence-electron chi connectivity index (χ1n) is 7.68. The standard InChI is InChI=1S/C15H18N4O6/c1-2-25-15(22)18-8-6-17(7-9-18)14(21)13(20)16-11-4-3-5-12(10-11)19(23)24/h3-5,10H,2,6-9H2,1H3,(H,16,20). The zero-order valence-electron chi connectivity index (χ0n) is 13.6. The summed E-state index contributed by atoms with van der Waals surface area (Å²) in [6.45, 7) is 2.93. The van der Waals surface area contributed by atoms with Crippen LogP contribution in [0.4, 0.5) is 16.2 Å². The fourth-order valence-electron chi connectivity index (χ4n) is 2.33. The highest BCUT2D eigenvalue weighted by Crippen LogP contribution is 2.17. The molecule has 1 fully saturated rings. The van der Waals surface area contributed by atoms with E-state index in [1.54, 1.807) is 6.92 Å². The summed E-state index contributed by atoms with van der Waals surface area (Å²) in [6, 6.07) is 5.32. The Morgan fingerprint density at radius 3 is 2.44 bits per heavy atom. The van der Waals surface area contributed by atoms with E-state index in [2.05, 4.69) is 5.32 Å². The van der Waals surface area contributed by atoms with E-state index in [9.17, 15) is 24.5 Å². The van der Waals surface area contributed by atoms with E-state index in [0.29, 0.717) is 0 Å². The van der Waals surface area contributed by atoms with Gasteiger partial charge in [-0.25, -0.2) is 4.79 Å². The van der Waals surface area contributed by atoms with Crippen LogP contribution in [0.25, 0.3) is 0 Å². The van der Waals surface area contributed by atoms with Gasteiger partial charge >= 0.3 is 17.9 Å². The van der Waals surface area contributed by atoms with Crippen LogP contribution >= 0.6 is 0 Å². The smallest absolute Gasteiger partial charge is 0.409 e. The third-order valence-corrected chi connectivity index (χ3v) is 3.60. The van der Waals surface area contributed by atoms with Crippen LogP contribution in [0.15, 0.2) is 24.3 Å². The Kier molecular flexibility index (Phi) is 5.88. The largest absolute Gasteiger partial charge is 0.450 e. The highest BCUT2D eigenvalue weighted by Gasteiger charge is 2.28. The van der Waals surface area contributed by atoms with Crippen LogP contribution in [0, 0.1) is 10.1 Å². The van der Waals surface area contributed by atoms with Crippen molar-refractivity contribution in [2.24, 2.45) is 0 Å². The van der Waals surface area contributed by atoms with Gasteiger partial charge in [0.25, 0.3) is 5.69 Å². The molecule has 1 saturated heterocycles. The molecule has 0 unspecified atom stereocenters. The van der Waals surface area contributed by atoms with E-state index >= 15 is 0 Å². The van der Waals surface area contributed by atoms with Crippen molar-refractivity contribution in [3.05, 3.63) is 34.4 Å². The molecule has 1 aliphatic heterocycles. The first-order valence-corrected chi connectivity index (χ1v) is 7.68. The second-order valence-corrected chi connectivity index (χ2v) is 5.24. The molecule has 134 valence electrons. The van der Waals surface area contributed by atoms with Crippen LogP contribution in [-0.4, -0.2) is 65.4 Å². The quantitative estimate of drug-likeness (QED) is 0.489. The van der Waals surface area contributed by atoms with Gasteiger partial charge in [0.05, 0.1) is 11.5 Å². The van der Waals surface area contributed by atoms with Crippen molar-refractivity contribution < 1.29 is 24.0 Å². The Labute approximate surface area is 143 Å². The van der Waals surface area contributed by atoms with Gasteiger partial charge in [0.2, 0.25) is 0 Å². The maximum absolute atomic E-state index is 12.2. The number of carbonyl (C=O) groups is 3. The first kappa shape index (κ1) is 18.2. The number of nitrogens with one attached hydrogen (secondary N) is 1. The first-order chi connectivity index (χ1) is 11.9. The molecule has 1 N–H and O–H groups in total. The number of ether oxygens (including phenoxy) is 1. The molecular formula is C15H18N4O6. The molecule has 10 nitrogen and oxygen atoms in total. The number of nitrogens with zero attached hydrogens (tertiary/aromatic N) is 3. The number of nitro benzene ring substituents is 1. The van der Waals surface area contributed by atoms with Crippen molar-refractivity contribution in [3.8, 4) is 0 Å². The topological polar surface area (TPSA) is 122 Å². The molecule has 25 heavy (non-hydrogen) atoms. The molecule has 0 saturated carbocycles. The van der Waals surface area contributed by atoms with E-state index in [4.69, 9.17) is 4.74 Å². The molecule has 1 heterocycles. The normalized spacial score (nSPS) is 14.0. The van der Waals surface area contributed by atoms with E-state index in [0.717, 1.165) is 0 Å². The number of nitro groups is 1. The summed E-state index contributed by atoms with van der Waals surface area (Å²) in [4.78, 5) is 48.7. The number of benzene rings is 1. The van der Waals surface area contributed by atoms with Crippen LogP contribution in [0.5, 0.6) is 0 Å². The predicted molar refractivity (Wildman–Crippen MR) is 86.9 cm³/mol. The fraction of sp³-hybridized carbons (Fsp3) is 0.400. The number of amides is 3. The van der Waals surface area contributed by atoms with Gasteiger partial charge in [-0.05, 0) is 13.0 Å². The van der Waals surface area contributed by atoms with Crippen molar-refractivity contribution in [1.82, 2.24) is 9.80 Å². The second-order valence-electron chi connectivity index (χ2n) is 5.24. The summed E-state index contributed by atoms with van der Waals surface area (Å²) >= 11 is 0. The zero-order chi connectivity index (χ0) is 18.4. The summed E-state index contributed by atoms with van der Waals surface area (Å²) in [5.41, 5.74) is -0.0222. The number of rotatable bonds is 3. The molecule has 1 aliphatic rings. The number of non-ortho nitro benzene ring substituents is 1. The van der Waals surface area contributed by atoms with Crippen molar-refractivity contribution in [1.29, 1.82) is 0 Å². The lowest BCUT2D eigenvalue weighted by atomic mass is 10.2. The Hall–Kier alpha value is -3.17. The van der Waals surface area contributed by atoms with Crippen molar-refractivity contribution in [2.45, 2.75) is 6.92 Å². The van der Waals surface area contributed by atoms with E-state index in [1.165, 1.54) is 34.1 Å². The van der Waals surface area contributed by atoms with E-state index in [-0.39, 0.29) is 44.2 Å². The lowest BCUT2D eigenvalue weighted by Crippen LogP contribution is -2.53. The molecule has 0 radical (unpaired) electrons. The summed E-state index contributed by atoms with van der Waals surface area (Å²) in [6.07, 6.45) is -0.448. The summed E-state index contributed by atoms with van der Waals surface area (Å²) in [5, 5.41) is 13.1. The molecule has 0 aromatic heterocycles. The van der Waals surface area contributed by atoms with Crippen LogP contribution < -0.4 is 5.32 Å². The van der Waals surface area contributed by atoms with Gasteiger partial charge in [-0.15, -0.1) is 0 Å². The van der Waals surface area contributed by atoms with Crippen LogP contribution in [0.1, 0.15) is 6.92 Å². The third kappa shape index (κ3) is 4.66. The Morgan fingerprint density at radius 2 is 1.84 bits per heavy atom. The van der Waals surface area contributed by atoms with Crippen LogP contribution in [0.2, 0.25) is 0 Å². The SMILES string of the molecule is CCOC(=O)N1CCN(C(=O)C(=O)Nc2cccc([N+](=O)[O-])c2)CC1. The Bertz CT molecular complexity index is 684. The zero-order valence-corrected chi connectivity index (χ0v) is 13.6. The number of hydrogen-bond donors (Lipinski definition) is 1. The minimum absolute atomic E-state index is 0.165. The third-order valence-electron chi connectivity index (χ3n) is 3.60. The maximum atomic E-state index is 12.2.